The quantitative estimate of drug-likeness (QED) is 0.773. The maximum absolute atomic E-state index is 13.0. The predicted octanol–water partition coefficient (Wildman–Crippen LogP) is 2.61. The maximum atomic E-state index is 13.0. The number of hydrogen-bond donors (Lipinski definition) is 2. The number of benzene rings is 2. The number of para-hydroxylation sites is 1. The number of methoxy groups -OCH3 is 1. The third-order valence-electron chi connectivity index (χ3n) is 3.16. The van der Waals surface area contributed by atoms with Gasteiger partial charge in [0.1, 0.15) is 11.6 Å². The minimum absolute atomic E-state index is 0.172. The van der Waals surface area contributed by atoms with Crippen molar-refractivity contribution in [2.75, 3.05) is 25.5 Å². The van der Waals surface area contributed by atoms with Gasteiger partial charge < -0.3 is 15.4 Å². The molecule has 5 heteroatoms. The molecule has 0 aliphatic rings. The summed E-state index contributed by atoms with van der Waals surface area (Å²) >= 11 is 0. The molecule has 1 amide bonds. The molecule has 4 nitrogen and oxygen atoms in total. The van der Waals surface area contributed by atoms with Crippen LogP contribution in [0.3, 0.4) is 0 Å². The normalized spacial score (nSPS) is 10.3. The molecule has 2 aromatic carbocycles. The van der Waals surface area contributed by atoms with Crippen molar-refractivity contribution in [3.8, 4) is 5.75 Å². The summed E-state index contributed by atoms with van der Waals surface area (Å²) in [5.41, 5.74) is 1.54. The Morgan fingerprint density at radius 2 is 2.00 bits per heavy atom. The molecule has 0 aliphatic carbocycles. The first-order chi connectivity index (χ1) is 10.7. The zero-order valence-electron chi connectivity index (χ0n) is 12.4. The molecule has 22 heavy (non-hydrogen) atoms. The second-order valence-corrected chi connectivity index (χ2v) is 4.80. The molecule has 0 fully saturated rings. The number of amides is 1. The van der Waals surface area contributed by atoms with E-state index in [9.17, 15) is 9.18 Å². The van der Waals surface area contributed by atoms with Crippen LogP contribution >= 0.6 is 0 Å². The van der Waals surface area contributed by atoms with Gasteiger partial charge in [-0.15, -0.1) is 0 Å². The summed E-state index contributed by atoms with van der Waals surface area (Å²) in [6, 6.07) is 13.6. The van der Waals surface area contributed by atoms with Gasteiger partial charge in [0.05, 0.1) is 13.7 Å². The smallest absolute Gasteiger partial charge is 0.238 e. The van der Waals surface area contributed by atoms with Crippen molar-refractivity contribution in [1.29, 1.82) is 0 Å². The van der Waals surface area contributed by atoms with Crippen LogP contribution in [0.25, 0.3) is 0 Å². The van der Waals surface area contributed by atoms with Crippen molar-refractivity contribution in [3.05, 3.63) is 59.9 Å². The van der Waals surface area contributed by atoms with Crippen molar-refractivity contribution in [2.24, 2.45) is 0 Å². The van der Waals surface area contributed by atoms with E-state index in [1.165, 1.54) is 12.1 Å². The average molecular weight is 302 g/mol. The first-order valence-electron chi connectivity index (χ1n) is 7.07. The van der Waals surface area contributed by atoms with Crippen LogP contribution in [0.1, 0.15) is 5.56 Å². The summed E-state index contributed by atoms with van der Waals surface area (Å²) < 4.78 is 18.3. The molecule has 0 heterocycles. The van der Waals surface area contributed by atoms with Crippen LogP contribution in [0.15, 0.2) is 48.5 Å². The van der Waals surface area contributed by atoms with Gasteiger partial charge in [-0.1, -0.05) is 24.3 Å². The third-order valence-corrected chi connectivity index (χ3v) is 3.16. The lowest BCUT2D eigenvalue weighted by molar-refractivity contribution is -0.115. The molecule has 116 valence electrons. The van der Waals surface area contributed by atoms with Gasteiger partial charge in [-0.2, -0.15) is 0 Å². The van der Waals surface area contributed by atoms with Gasteiger partial charge in [0.2, 0.25) is 5.91 Å². The Balaban J connectivity index is 1.73. The SMILES string of the molecule is COc1ccccc1CCNCC(=O)Nc1cccc(F)c1. The minimum atomic E-state index is -0.373. The zero-order valence-corrected chi connectivity index (χ0v) is 12.4. The standard InChI is InChI=1S/C17H19FN2O2/c1-22-16-8-3-2-5-13(16)9-10-19-12-17(21)20-15-7-4-6-14(18)11-15/h2-8,11,19H,9-10,12H2,1H3,(H,20,21). The fourth-order valence-corrected chi connectivity index (χ4v) is 2.11. The lowest BCUT2D eigenvalue weighted by Crippen LogP contribution is -2.29. The van der Waals surface area contributed by atoms with Crippen molar-refractivity contribution in [3.63, 3.8) is 0 Å². The van der Waals surface area contributed by atoms with E-state index >= 15 is 0 Å². The van der Waals surface area contributed by atoms with Crippen molar-refractivity contribution in [2.45, 2.75) is 6.42 Å². The first kappa shape index (κ1) is 16.0. The van der Waals surface area contributed by atoms with Crippen LogP contribution < -0.4 is 15.4 Å². The number of anilines is 1. The summed E-state index contributed by atoms with van der Waals surface area (Å²) in [4.78, 5) is 11.7. The van der Waals surface area contributed by atoms with Gasteiger partial charge in [-0.25, -0.2) is 4.39 Å². The molecule has 2 aromatic rings. The third kappa shape index (κ3) is 4.86. The molecule has 0 atom stereocenters. The first-order valence-corrected chi connectivity index (χ1v) is 7.07. The average Bonchev–Trinajstić information content (AvgIpc) is 2.52. The molecule has 0 unspecified atom stereocenters. The van der Waals surface area contributed by atoms with Gasteiger partial charge in [0, 0.05) is 5.69 Å². The summed E-state index contributed by atoms with van der Waals surface area (Å²) in [5.74, 6) is 0.265. The summed E-state index contributed by atoms with van der Waals surface area (Å²) in [6.07, 6.45) is 0.761. The second-order valence-electron chi connectivity index (χ2n) is 4.80. The van der Waals surface area contributed by atoms with Gasteiger partial charge in [0.25, 0.3) is 0 Å². The number of hydrogen-bond acceptors (Lipinski definition) is 3. The number of carbonyl (C=O) groups excluding carboxylic acids is 1. The van der Waals surface area contributed by atoms with E-state index in [0.29, 0.717) is 12.2 Å². The lowest BCUT2D eigenvalue weighted by Gasteiger charge is -2.09. The highest BCUT2D eigenvalue weighted by Crippen LogP contribution is 2.17. The minimum Gasteiger partial charge on any atom is -0.496 e. The van der Waals surface area contributed by atoms with Gasteiger partial charge in [-0.3, -0.25) is 4.79 Å². The Morgan fingerprint density at radius 1 is 1.18 bits per heavy atom. The lowest BCUT2D eigenvalue weighted by atomic mass is 10.1. The van der Waals surface area contributed by atoms with E-state index < -0.39 is 0 Å². The van der Waals surface area contributed by atoms with Gasteiger partial charge in [-0.05, 0) is 42.8 Å². The van der Waals surface area contributed by atoms with E-state index in [-0.39, 0.29) is 18.3 Å². The molecular weight excluding hydrogens is 283 g/mol. The number of rotatable bonds is 7. The van der Waals surface area contributed by atoms with Crippen molar-refractivity contribution >= 4 is 11.6 Å². The van der Waals surface area contributed by atoms with Crippen molar-refractivity contribution < 1.29 is 13.9 Å². The van der Waals surface area contributed by atoms with Crippen LogP contribution in [0, 0.1) is 5.82 Å². The summed E-state index contributed by atoms with van der Waals surface area (Å²) in [7, 11) is 1.64. The fraction of sp³-hybridized carbons (Fsp3) is 0.235. The Kier molecular flexibility index (Phi) is 5.91. The Bertz CT molecular complexity index is 632. The monoisotopic (exact) mass is 302 g/mol. The van der Waals surface area contributed by atoms with Gasteiger partial charge in [0.15, 0.2) is 0 Å². The highest BCUT2D eigenvalue weighted by Gasteiger charge is 2.04. The van der Waals surface area contributed by atoms with Crippen molar-refractivity contribution in [1.82, 2.24) is 5.32 Å². The fourth-order valence-electron chi connectivity index (χ4n) is 2.11. The number of ether oxygens (including phenoxy) is 1. The molecule has 0 bridgehead atoms. The Labute approximate surface area is 129 Å². The topological polar surface area (TPSA) is 50.4 Å². The van der Waals surface area contributed by atoms with Gasteiger partial charge >= 0.3 is 0 Å². The number of carbonyl (C=O) groups is 1. The molecule has 0 spiro atoms. The molecule has 2 N–H and O–H groups in total. The van der Waals surface area contributed by atoms with Crippen LogP contribution in [0.4, 0.5) is 10.1 Å². The highest BCUT2D eigenvalue weighted by atomic mass is 19.1. The summed E-state index contributed by atoms with van der Waals surface area (Å²) in [5, 5.41) is 5.70. The van der Waals surface area contributed by atoms with E-state index in [1.807, 2.05) is 24.3 Å². The molecule has 0 radical (unpaired) electrons. The molecular formula is C17H19FN2O2. The summed E-state index contributed by atoms with van der Waals surface area (Å²) in [6.45, 7) is 0.822. The van der Waals surface area contributed by atoms with Crippen LogP contribution in [0.5, 0.6) is 5.75 Å². The van der Waals surface area contributed by atoms with E-state index in [0.717, 1.165) is 17.7 Å². The highest BCUT2D eigenvalue weighted by molar-refractivity contribution is 5.92. The van der Waals surface area contributed by atoms with Crippen LogP contribution in [-0.2, 0) is 11.2 Å². The zero-order chi connectivity index (χ0) is 15.8. The molecule has 0 saturated carbocycles. The Hall–Kier alpha value is -2.40. The molecule has 0 aliphatic heterocycles. The number of nitrogens with one attached hydrogen (secondary N) is 2. The number of halogens is 1. The second kappa shape index (κ2) is 8.14. The largest absolute Gasteiger partial charge is 0.496 e. The maximum Gasteiger partial charge on any atom is 0.238 e. The van der Waals surface area contributed by atoms with Crippen LogP contribution in [0.2, 0.25) is 0 Å². The molecule has 0 aromatic heterocycles. The molecule has 2 rings (SSSR count). The molecule has 0 saturated heterocycles. The van der Waals surface area contributed by atoms with E-state index in [4.69, 9.17) is 4.74 Å². The Morgan fingerprint density at radius 3 is 2.77 bits per heavy atom. The van der Waals surface area contributed by atoms with Crippen LogP contribution in [-0.4, -0.2) is 26.1 Å². The van der Waals surface area contributed by atoms with E-state index in [1.54, 1.807) is 19.2 Å². The predicted molar refractivity (Wildman–Crippen MR) is 84.6 cm³/mol. The van der Waals surface area contributed by atoms with E-state index in [2.05, 4.69) is 10.6 Å².